The minimum absolute atomic E-state index is 0.107. The number of hydrogen-bond donors (Lipinski definition) is 0. The fourth-order valence-electron chi connectivity index (χ4n) is 2.87. The van der Waals surface area contributed by atoms with Gasteiger partial charge in [-0.25, -0.2) is 0 Å². The lowest BCUT2D eigenvalue weighted by molar-refractivity contribution is -0.131. The molecule has 3 heteroatoms. The van der Waals surface area contributed by atoms with Gasteiger partial charge in [0.25, 0.3) is 0 Å². The number of halogens is 1. The molecule has 2 fully saturated rings. The molecular formula is C11H16ClNO. The lowest BCUT2D eigenvalue weighted by Crippen LogP contribution is -2.29. The van der Waals surface area contributed by atoms with E-state index in [0.29, 0.717) is 23.7 Å². The molecule has 0 unspecified atom stereocenters. The van der Waals surface area contributed by atoms with Gasteiger partial charge in [-0.1, -0.05) is 6.08 Å². The second kappa shape index (κ2) is 3.93. The van der Waals surface area contributed by atoms with Gasteiger partial charge in [0, 0.05) is 30.3 Å². The summed E-state index contributed by atoms with van der Waals surface area (Å²) in [5.41, 5.74) is 0. The van der Waals surface area contributed by atoms with Crippen LogP contribution in [0, 0.1) is 11.8 Å². The summed E-state index contributed by atoms with van der Waals surface area (Å²) >= 11 is 5.72. The van der Waals surface area contributed by atoms with E-state index < -0.39 is 0 Å². The second-order valence-electron chi connectivity index (χ2n) is 4.14. The highest BCUT2D eigenvalue weighted by Gasteiger charge is 2.47. The average molecular weight is 214 g/mol. The number of rotatable bonds is 3. The van der Waals surface area contributed by atoms with Gasteiger partial charge >= 0.3 is 0 Å². The highest BCUT2D eigenvalue weighted by Crippen LogP contribution is 2.39. The van der Waals surface area contributed by atoms with Crippen LogP contribution in [0.5, 0.6) is 0 Å². The van der Waals surface area contributed by atoms with Crippen molar-refractivity contribution in [2.45, 2.75) is 25.3 Å². The van der Waals surface area contributed by atoms with E-state index in [-0.39, 0.29) is 5.92 Å². The average Bonchev–Trinajstić information content (AvgIpc) is 2.72. The molecule has 2 nitrogen and oxygen atoms in total. The molecule has 0 N–H and O–H groups in total. The molecule has 3 atom stereocenters. The first-order chi connectivity index (χ1) is 6.79. The van der Waals surface area contributed by atoms with Crippen molar-refractivity contribution in [1.82, 2.24) is 4.90 Å². The Morgan fingerprint density at radius 2 is 2.43 bits per heavy atom. The van der Waals surface area contributed by atoms with Crippen molar-refractivity contribution in [3.8, 4) is 0 Å². The number of carbonyl (C=O) groups is 1. The molecule has 2 rings (SSSR count). The van der Waals surface area contributed by atoms with Gasteiger partial charge in [0.1, 0.15) is 0 Å². The first kappa shape index (κ1) is 10.0. The maximum atomic E-state index is 12.0. The van der Waals surface area contributed by atoms with Crippen molar-refractivity contribution in [1.29, 1.82) is 0 Å². The van der Waals surface area contributed by atoms with E-state index >= 15 is 0 Å². The van der Waals surface area contributed by atoms with Crippen LogP contribution < -0.4 is 0 Å². The van der Waals surface area contributed by atoms with Gasteiger partial charge < -0.3 is 4.90 Å². The van der Waals surface area contributed by atoms with E-state index in [1.807, 2.05) is 11.0 Å². The number of nitrogens with zero attached hydrogens (tertiary/aromatic N) is 1. The Morgan fingerprint density at radius 1 is 1.64 bits per heavy atom. The Bertz CT molecular complexity index is 254. The minimum Gasteiger partial charge on any atom is -0.339 e. The maximum Gasteiger partial charge on any atom is 0.226 e. The summed E-state index contributed by atoms with van der Waals surface area (Å²) in [6.45, 7) is 4.79. The monoisotopic (exact) mass is 213 g/mol. The lowest BCUT2D eigenvalue weighted by Gasteiger charge is -2.17. The van der Waals surface area contributed by atoms with E-state index in [4.69, 9.17) is 11.6 Å². The highest BCUT2D eigenvalue weighted by atomic mass is 35.5. The number of alkyl halides is 1. The first-order valence-corrected chi connectivity index (χ1v) is 5.82. The quantitative estimate of drug-likeness (QED) is 0.519. The molecule has 2 aliphatic rings. The zero-order valence-corrected chi connectivity index (χ0v) is 9.04. The van der Waals surface area contributed by atoms with E-state index in [0.717, 1.165) is 25.8 Å². The Balaban J connectivity index is 2.18. The predicted molar refractivity (Wildman–Crippen MR) is 57.2 cm³/mol. The Labute approximate surface area is 89.9 Å². The van der Waals surface area contributed by atoms with Crippen molar-refractivity contribution in [3.63, 3.8) is 0 Å². The molecule has 2 saturated heterocycles. The van der Waals surface area contributed by atoms with Crippen molar-refractivity contribution in [3.05, 3.63) is 12.7 Å². The molecule has 0 aromatic rings. The van der Waals surface area contributed by atoms with E-state index in [2.05, 4.69) is 6.58 Å². The predicted octanol–water partition coefficient (Wildman–Crippen LogP) is 2.04. The zero-order chi connectivity index (χ0) is 10.1. The normalized spacial score (nSPS) is 36.2. The summed E-state index contributed by atoms with van der Waals surface area (Å²) in [7, 11) is 0. The third-order valence-corrected chi connectivity index (χ3v) is 3.72. The van der Waals surface area contributed by atoms with Crippen LogP contribution in [-0.2, 0) is 4.79 Å². The third-order valence-electron chi connectivity index (χ3n) is 3.50. The highest BCUT2D eigenvalue weighted by molar-refractivity contribution is 6.18. The van der Waals surface area contributed by atoms with Crippen LogP contribution in [0.3, 0.4) is 0 Å². The van der Waals surface area contributed by atoms with Crippen molar-refractivity contribution < 1.29 is 4.79 Å². The molecule has 0 aromatic carbocycles. The second-order valence-corrected chi connectivity index (χ2v) is 4.52. The first-order valence-electron chi connectivity index (χ1n) is 5.28. The van der Waals surface area contributed by atoms with Crippen LogP contribution in [0.2, 0.25) is 0 Å². The summed E-state index contributed by atoms with van der Waals surface area (Å²) in [6, 6.07) is 0.424. The third kappa shape index (κ3) is 1.36. The largest absolute Gasteiger partial charge is 0.339 e. The summed E-state index contributed by atoms with van der Waals surface area (Å²) in [4.78, 5) is 14.0. The molecule has 0 spiro atoms. The molecule has 2 aliphatic heterocycles. The molecular weight excluding hydrogens is 198 g/mol. The van der Waals surface area contributed by atoms with Gasteiger partial charge in [-0.3, -0.25) is 4.79 Å². The molecule has 0 saturated carbocycles. The van der Waals surface area contributed by atoms with Gasteiger partial charge in [0.15, 0.2) is 0 Å². The van der Waals surface area contributed by atoms with Crippen LogP contribution in [0.1, 0.15) is 19.3 Å². The van der Waals surface area contributed by atoms with E-state index in [1.165, 1.54) is 0 Å². The van der Waals surface area contributed by atoms with E-state index in [1.54, 1.807) is 0 Å². The van der Waals surface area contributed by atoms with Crippen LogP contribution in [-0.4, -0.2) is 29.3 Å². The lowest BCUT2D eigenvalue weighted by atomic mass is 9.87. The molecule has 0 bridgehead atoms. The maximum absolute atomic E-state index is 12.0. The van der Waals surface area contributed by atoms with Gasteiger partial charge in [0.05, 0.1) is 0 Å². The topological polar surface area (TPSA) is 20.3 Å². The van der Waals surface area contributed by atoms with Crippen LogP contribution in [0.25, 0.3) is 0 Å². The Kier molecular flexibility index (Phi) is 2.82. The SMILES string of the molecule is C=C[C@H]1[C@@H](CCCl)C(=O)N2CCC[C@@H]12. The summed E-state index contributed by atoms with van der Waals surface area (Å²) in [6.07, 6.45) is 5.03. The fraction of sp³-hybridized carbons (Fsp3) is 0.727. The molecule has 0 aromatic heterocycles. The zero-order valence-electron chi connectivity index (χ0n) is 8.29. The molecule has 0 aliphatic carbocycles. The molecule has 0 radical (unpaired) electrons. The smallest absolute Gasteiger partial charge is 0.226 e. The number of hydrogen-bond acceptors (Lipinski definition) is 1. The van der Waals surface area contributed by atoms with Gasteiger partial charge in [-0.05, 0) is 19.3 Å². The summed E-state index contributed by atoms with van der Waals surface area (Å²) < 4.78 is 0. The standard InChI is InChI=1S/C11H16ClNO/c1-2-8-9(5-6-12)11(14)13-7-3-4-10(8)13/h2,8-10H,1,3-7H2/t8-,9+,10-/m0/s1. The number of amides is 1. The Morgan fingerprint density at radius 3 is 3.07 bits per heavy atom. The van der Waals surface area contributed by atoms with Crippen molar-refractivity contribution >= 4 is 17.5 Å². The Hall–Kier alpha value is -0.500. The van der Waals surface area contributed by atoms with Crippen LogP contribution in [0.4, 0.5) is 0 Å². The van der Waals surface area contributed by atoms with Crippen LogP contribution in [0.15, 0.2) is 12.7 Å². The van der Waals surface area contributed by atoms with Crippen molar-refractivity contribution in [2.75, 3.05) is 12.4 Å². The fourth-order valence-corrected chi connectivity index (χ4v) is 3.10. The molecule has 2 heterocycles. The molecule has 14 heavy (non-hydrogen) atoms. The number of carbonyl (C=O) groups excluding carboxylic acids is 1. The van der Waals surface area contributed by atoms with E-state index in [9.17, 15) is 4.79 Å². The van der Waals surface area contributed by atoms with Crippen molar-refractivity contribution in [2.24, 2.45) is 11.8 Å². The van der Waals surface area contributed by atoms with Gasteiger partial charge in [0.2, 0.25) is 5.91 Å². The minimum atomic E-state index is 0.107. The summed E-state index contributed by atoms with van der Waals surface area (Å²) in [5, 5.41) is 0. The summed E-state index contributed by atoms with van der Waals surface area (Å²) in [5.74, 6) is 1.32. The van der Waals surface area contributed by atoms with Gasteiger partial charge in [-0.2, -0.15) is 0 Å². The number of fused-ring (bicyclic) bond motifs is 1. The van der Waals surface area contributed by atoms with Gasteiger partial charge in [-0.15, -0.1) is 18.2 Å². The van der Waals surface area contributed by atoms with Crippen LogP contribution >= 0.6 is 11.6 Å². The molecule has 78 valence electrons. The molecule has 1 amide bonds.